The predicted molar refractivity (Wildman–Crippen MR) is 42.1 cm³/mol. The molecule has 7 heteroatoms. The van der Waals surface area contributed by atoms with E-state index in [1.165, 1.54) is 0 Å². The SMILES string of the molecule is NCc1cnc(C(F)F)c(C(F)(F)F)c1. The Bertz CT molecular complexity index is 347. The van der Waals surface area contributed by atoms with Gasteiger partial charge in [0.2, 0.25) is 0 Å². The number of hydrogen-bond acceptors (Lipinski definition) is 2. The molecule has 2 N–H and O–H groups in total. The van der Waals surface area contributed by atoms with Gasteiger partial charge in [-0.1, -0.05) is 0 Å². The number of rotatable bonds is 2. The monoisotopic (exact) mass is 226 g/mol. The van der Waals surface area contributed by atoms with Crippen molar-refractivity contribution in [3.8, 4) is 0 Å². The van der Waals surface area contributed by atoms with Crippen LogP contribution in [0, 0.1) is 0 Å². The second-order valence-corrected chi connectivity index (χ2v) is 2.78. The van der Waals surface area contributed by atoms with Gasteiger partial charge in [-0.05, 0) is 11.6 Å². The zero-order valence-electron chi connectivity index (χ0n) is 7.35. The van der Waals surface area contributed by atoms with Gasteiger partial charge in [0.25, 0.3) is 6.43 Å². The minimum atomic E-state index is -4.84. The third-order valence-corrected chi connectivity index (χ3v) is 1.72. The minimum absolute atomic E-state index is 0.0618. The van der Waals surface area contributed by atoms with Crippen LogP contribution < -0.4 is 5.73 Å². The average molecular weight is 226 g/mol. The van der Waals surface area contributed by atoms with Crippen molar-refractivity contribution in [2.45, 2.75) is 19.1 Å². The highest BCUT2D eigenvalue weighted by molar-refractivity contribution is 5.28. The molecule has 0 fully saturated rings. The maximum atomic E-state index is 12.3. The molecule has 0 bridgehead atoms. The molecular formula is C8H7F5N2. The Hall–Kier alpha value is -1.24. The van der Waals surface area contributed by atoms with Gasteiger partial charge in [-0.2, -0.15) is 13.2 Å². The van der Waals surface area contributed by atoms with E-state index < -0.39 is 23.9 Å². The Morgan fingerprint density at radius 2 is 1.93 bits per heavy atom. The summed E-state index contributed by atoms with van der Waals surface area (Å²) in [6.45, 7) is -0.181. The summed E-state index contributed by atoms with van der Waals surface area (Å²) in [6, 6.07) is 0.592. The second kappa shape index (κ2) is 4.09. The van der Waals surface area contributed by atoms with Crippen molar-refractivity contribution < 1.29 is 22.0 Å². The highest BCUT2D eigenvalue weighted by Gasteiger charge is 2.36. The van der Waals surface area contributed by atoms with Crippen molar-refractivity contribution >= 4 is 0 Å². The van der Waals surface area contributed by atoms with Gasteiger partial charge in [0, 0.05) is 12.7 Å². The smallest absolute Gasteiger partial charge is 0.326 e. The van der Waals surface area contributed by atoms with Crippen molar-refractivity contribution in [1.82, 2.24) is 4.98 Å². The predicted octanol–water partition coefficient (Wildman–Crippen LogP) is 2.50. The molecular weight excluding hydrogens is 219 g/mol. The number of nitrogens with two attached hydrogens (primary N) is 1. The number of nitrogens with zero attached hydrogens (tertiary/aromatic N) is 1. The van der Waals surface area contributed by atoms with Gasteiger partial charge in [-0.3, -0.25) is 4.98 Å². The van der Waals surface area contributed by atoms with Crippen LogP contribution >= 0.6 is 0 Å². The first-order valence-electron chi connectivity index (χ1n) is 3.90. The number of hydrogen-bond donors (Lipinski definition) is 1. The van der Waals surface area contributed by atoms with Gasteiger partial charge < -0.3 is 5.73 Å². The van der Waals surface area contributed by atoms with Gasteiger partial charge in [-0.15, -0.1) is 0 Å². The molecule has 1 aromatic rings. The summed E-state index contributed by atoms with van der Waals surface area (Å²) in [6.07, 6.45) is -7.19. The summed E-state index contributed by atoms with van der Waals surface area (Å²) in [5.41, 5.74) is 2.46. The molecule has 1 heterocycles. The third-order valence-electron chi connectivity index (χ3n) is 1.72. The first-order valence-corrected chi connectivity index (χ1v) is 3.90. The van der Waals surface area contributed by atoms with Gasteiger partial charge in [0.15, 0.2) is 0 Å². The molecule has 0 aromatic carbocycles. The van der Waals surface area contributed by atoms with Crippen LogP contribution in [0.2, 0.25) is 0 Å². The van der Waals surface area contributed by atoms with E-state index >= 15 is 0 Å². The molecule has 0 amide bonds. The van der Waals surface area contributed by atoms with E-state index in [1.54, 1.807) is 0 Å². The van der Waals surface area contributed by atoms with E-state index in [1.807, 2.05) is 0 Å². The van der Waals surface area contributed by atoms with E-state index in [9.17, 15) is 22.0 Å². The van der Waals surface area contributed by atoms with Crippen LogP contribution in [0.5, 0.6) is 0 Å². The first kappa shape index (κ1) is 11.8. The molecule has 84 valence electrons. The molecule has 0 unspecified atom stereocenters. The molecule has 0 radical (unpaired) electrons. The average Bonchev–Trinajstić information content (AvgIpc) is 2.15. The lowest BCUT2D eigenvalue weighted by Gasteiger charge is -2.12. The Labute approximate surface area is 81.9 Å². The highest BCUT2D eigenvalue weighted by atomic mass is 19.4. The fourth-order valence-corrected chi connectivity index (χ4v) is 1.03. The molecule has 15 heavy (non-hydrogen) atoms. The standard InChI is InChI=1S/C8H7F5N2/c9-7(10)6-5(8(11,12)13)1-4(2-14)3-15-6/h1,3,7H,2,14H2. The molecule has 1 rings (SSSR count). The van der Waals surface area contributed by atoms with Crippen LogP contribution in [0.3, 0.4) is 0 Å². The number of aromatic nitrogens is 1. The van der Waals surface area contributed by atoms with Crippen molar-refractivity contribution in [2.24, 2.45) is 5.73 Å². The van der Waals surface area contributed by atoms with Gasteiger partial charge >= 0.3 is 6.18 Å². The summed E-state index contributed by atoms with van der Waals surface area (Å²) in [4.78, 5) is 3.07. The summed E-state index contributed by atoms with van der Waals surface area (Å²) in [5, 5.41) is 0. The first-order chi connectivity index (χ1) is 6.86. The lowest BCUT2D eigenvalue weighted by Crippen LogP contribution is -2.13. The minimum Gasteiger partial charge on any atom is -0.326 e. The molecule has 0 saturated heterocycles. The topological polar surface area (TPSA) is 38.9 Å². The van der Waals surface area contributed by atoms with E-state index in [2.05, 4.69) is 4.98 Å². The summed E-state index contributed by atoms with van der Waals surface area (Å²) in [5.74, 6) is 0. The lowest BCUT2D eigenvalue weighted by molar-refractivity contribution is -0.140. The zero-order valence-corrected chi connectivity index (χ0v) is 7.35. The third kappa shape index (κ3) is 2.62. The molecule has 0 saturated carbocycles. The Morgan fingerprint density at radius 1 is 1.33 bits per heavy atom. The normalized spacial score (nSPS) is 12.2. The van der Waals surface area contributed by atoms with Crippen molar-refractivity contribution in [2.75, 3.05) is 0 Å². The van der Waals surface area contributed by atoms with Crippen LogP contribution in [0.4, 0.5) is 22.0 Å². The second-order valence-electron chi connectivity index (χ2n) is 2.78. The lowest BCUT2D eigenvalue weighted by atomic mass is 10.1. The quantitative estimate of drug-likeness (QED) is 0.787. The van der Waals surface area contributed by atoms with E-state index in [4.69, 9.17) is 5.73 Å². The van der Waals surface area contributed by atoms with E-state index in [-0.39, 0.29) is 12.1 Å². The van der Waals surface area contributed by atoms with Crippen LogP contribution in [0.15, 0.2) is 12.3 Å². The van der Waals surface area contributed by atoms with E-state index in [0.29, 0.717) is 6.07 Å². The van der Waals surface area contributed by atoms with Crippen molar-refractivity contribution in [1.29, 1.82) is 0 Å². The molecule has 1 aromatic heterocycles. The number of halogens is 5. The largest absolute Gasteiger partial charge is 0.418 e. The number of alkyl halides is 5. The molecule has 0 aliphatic carbocycles. The summed E-state index contributed by atoms with van der Waals surface area (Å²) < 4.78 is 61.3. The highest BCUT2D eigenvalue weighted by Crippen LogP contribution is 2.35. The van der Waals surface area contributed by atoms with E-state index in [0.717, 1.165) is 6.20 Å². The Balaban J connectivity index is 3.29. The molecule has 0 aliphatic rings. The van der Waals surface area contributed by atoms with Gasteiger partial charge in [-0.25, -0.2) is 8.78 Å². The Morgan fingerprint density at radius 3 is 2.33 bits per heavy atom. The zero-order chi connectivity index (χ0) is 11.6. The van der Waals surface area contributed by atoms with Crippen LogP contribution in [0.1, 0.15) is 23.2 Å². The number of pyridine rings is 1. The summed E-state index contributed by atoms with van der Waals surface area (Å²) in [7, 11) is 0. The molecule has 0 spiro atoms. The molecule has 2 nitrogen and oxygen atoms in total. The maximum Gasteiger partial charge on any atom is 0.418 e. The molecule has 0 atom stereocenters. The van der Waals surface area contributed by atoms with Crippen molar-refractivity contribution in [3.63, 3.8) is 0 Å². The van der Waals surface area contributed by atoms with Crippen LogP contribution in [0.25, 0.3) is 0 Å². The van der Waals surface area contributed by atoms with Gasteiger partial charge in [0.05, 0.1) is 5.56 Å². The Kier molecular flexibility index (Phi) is 3.23. The van der Waals surface area contributed by atoms with Crippen LogP contribution in [-0.4, -0.2) is 4.98 Å². The van der Waals surface area contributed by atoms with Gasteiger partial charge in [0.1, 0.15) is 5.69 Å². The maximum absolute atomic E-state index is 12.3. The van der Waals surface area contributed by atoms with Crippen LogP contribution in [-0.2, 0) is 12.7 Å². The fourth-order valence-electron chi connectivity index (χ4n) is 1.03. The fraction of sp³-hybridized carbons (Fsp3) is 0.375. The van der Waals surface area contributed by atoms with Crippen molar-refractivity contribution in [3.05, 3.63) is 29.1 Å². The summed E-state index contributed by atoms with van der Waals surface area (Å²) >= 11 is 0. The molecule has 0 aliphatic heterocycles.